The summed E-state index contributed by atoms with van der Waals surface area (Å²) in [7, 11) is 1.27. The SMILES string of the molecule is COC(=O)[C@H](Cc1c[nH]c2ccccc12)NC(=O)c1ccc(Br)cc1O. The fourth-order valence-electron chi connectivity index (χ4n) is 2.79. The van der Waals surface area contributed by atoms with Crippen LogP contribution in [0.25, 0.3) is 10.9 Å². The lowest BCUT2D eigenvalue weighted by Crippen LogP contribution is -2.43. The summed E-state index contributed by atoms with van der Waals surface area (Å²) in [5.74, 6) is -1.28. The number of fused-ring (bicyclic) bond motifs is 1. The first-order chi connectivity index (χ1) is 12.5. The zero-order valence-electron chi connectivity index (χ0n) is 14.0. The maximum absolute atomic E-state index is 12.5. The van der Waals surface area contributed by atoms with Gasteiger partial charge in [-0.05, 0) is 29.8 Å². The molecule has 0 aliphatic heterocycles. The van der Waals surface area contributed by atoms with Crippen molar-refractivity contribution in [3.63, 3.8) is 0 Å². The molecule has 1 heterocycles. The number of carbonyl (C=O) groups is 2. The molecule has 0 spiro atoms. The van der Waals surface area contributed by atoms with Gasteiger partial charge in [0.25, 0.3) is 5.91 Å². The minimum Gasteiger partial charge on any atom is -0.507 e. The van der Waals surface area contributed by atoms with E-state index in [1.165, 1.54) is 19.2 Å². The number of rotatable bonds is 5. The van der Waals surface area contributed by atoms with Gasteiger partial charge >= 0.3 is 5.97 Å². The lowest BCUT2D eigenvalue weighted by molar-refractivity contribution is -0.142. The number of aromatic hydroxyl groups is 1. The third-order valence-electron chi connectivity index (χ3n) is 4.09. The number of ether oxygens (including phenoxy) is 1. The second-order valence-electron chi connectivity index (χ2n) is 5.77. The van der Waals surface area contributed by atoms with E-state index in [2.05, 4.69) is 26.2 Å². The molecule has 0 bridgehead atoms. The van der Waals surface area contributed by atoms with Crippen LogP contribution in [0.5, 0.6) is 5.75 Å². The van der Waals surface area contributed by atoms with E-state index in [-0.39, 0.29) is 17.7 Å². The molecule has 0 aliphatic rings. The van der Waals surface area contributed by atoms with Crippen LogP contribution in [0.3, 0.4) is 0 Å². The second kappa shape index (κ2) is 7.61. The summed E-state index contributed by atoms with van der Waals surface area (Å²) in [6.07, 6.45) is 2.07. The van der Waals surface area contributed by atoms with E-state index in [0.717, 1.165) is 16.5 Å². The van der Waals surface area contributed by atoms with Crippen molar-refractivity contribution in [2.45, 2.75) is 12.5 Å². The maximum atomic E-state index is 12.5. The molecule has 3 aromatic rings. The molecule has 0 saturated heterocycles. The molecule has 3 N–H and O–H groups in total. The summed E-state index contributed by atoms with van der Waals surface area (Å²) in [5, 5.41) is 13.6. The van der Waals surface area contributed by atoms with Crippen LogP contribution < -0.4 is 5.32 Å². The number of carbonyl (C=O) groups excluding carboxylic acids is 2. The van der Waals surface area contributed by atoms with Crippen molar-refractivity contribution in [3.8, 4) is 5.75 Å². The highest BCUT2D eigenvalue weighted by Gasteiger charge is 2.25. The predicted molar refractivity (Wildman–Crippen MR) is 101 cm³/mol. The number of para-hydroxylation sites is 1. The van der Waals surface area contributed by atoms with Gasteiger partial charge in [-0.1, -0.05) is 34.1 Å². The van der Waals surface area contributed by atoms with Crippen molar-refractivity contribution >= 4 is 38.7 Å². The number of halogens is 1. The van der Waals surface area contributed by atoms with E-state index in [4.69, 9.17) is 4.74 Å². The quantitative estimate of drug-likeness (QED) is 0.557. The number of hydrogen-bond donors (Lipinski definition) is 3. The van der Waals surface area contributed by atoms with E-state index in [1.54, 1.807) is 6.07 Å². The van der Waals surface area contributed by atoms with Gasteiger partial charge in [-0.3, -0.25) is 4.79 Å². The summed E-state index contributed by atoms with van der Waals surface area (Å²) in [5.41, 5.74) is 1.92. The van der Waals surface area contributed by atoms with Crippen LogP contribution in [-0.2, 0) is 16.0 Å². The summed E-state index contributed by atoms with van der Waals surface area (Å²) >= 11 is 3.22. The normalized spacial score (nSPS) is 11.9. The first-order valence-corrected chi connectivity index (χ1v) is 8.71. The average Bonchev–Trinajstić information content (AvgIpc) is 3.03. The number of aromatic nitrogens is 1. The number of hydrogen-bond acceptors (Lipinski definition) is 4. The molecule has 1 atom stereocenters. The number of benzene rings is 2. The zero-order valence-corrected chi connectivity index (χ0v) is 15.5. The van der Waals surface area contributed by atoms with Gasteiger partial charge in [-0.2, -0.15) is 0 Å². The van der Waals surface area contributed by atoms with Crippen LogP contribution in [0.2, 0.25) is 0 Å². The molecule has 0 radical (unpaired) electrons. The monoisotopic (exact) mass is 416 g/mol. The fourth-order valence-corrected chi connectivity index (χ4v) is 3.14. The molecular weight excluding hydrogens is 400 g/mol. The molecule has 7 heteroatoms. The Bertz CT molecular complexity index is 967. The molecule has 3 rings (SSSR count). The molecule has 0 unspecified atom stereocenters. The van der Waals surface area contributed by atoms with Gasteiger partial charge in [-0.15, -0.1) is 0 Å². The van der Waals surface area contributed by atoms with Crippen LogP contribution in [0.4, 0.5) is 0 Å². The molecular formula is C19H17BrN2O4. The zero-order chi connectivity index (χ0) is 18.7. The van der Waals surface area contributed by atoms with Crippen LogP contribution in [0.15, 0.2) is 53.1 Å². The summed E-state index contributed by atoms with van der Waals surface area (Å²) in [6, 6.07) is 11.4. The number of nitrogens with one attached hydrogen (secondary N) is 2. The summed E-state index contributed by atoms with van der Waals surface area (Å²) in [4.78, 5) is 27.8. The number of aromatic amines is 1. The first kappa shape index (κ1) is 18.0. The highest BCUT2D eigenvalue weighted by molar-refractivity contribution is 9.10. The third kappa shape index (κ3) is 3.72. The maximum Gasteiger partial charge on any atom is 0.328 e. The molecule has 0 fully saturated rings. The Balaban J connectivity index is 1.84. The van der Waals surface area contributed by atoms with E-state index in [0.29, 0.717) is 4.47 Å². The Morgan fingerprint density at radius 3 is 2.77 bits per heavy atom. The van der Waals surface area contributed by atoms with Crippen molar-refractivity contribution in [2.24, 2.45) is 0 Å². The van der Waals surface area contributed by atoms with E-state index in [9.17, 15) is 14.7 Å². The van der Waals surface area contributed by atoms with Gasteiger partial charge in [0.1, 0.15) is 11.8 Å². The highest BCUT2D eigenvalue weighted by atomic mass is 79.9. The van der Waals surface area contributed by atoms with Gasteiger partial charge in [0.15, 0.2) is 0 Å². The van der Waals surface area contributed by atoms with E-state index in [1.807, 2.05) is 30.5 Å². The Morgan fingerprint density at radius 1 is 1.27 bits per heavy atom. The first-order valence-electron chi connectivity index (χ1n) is 7.92. The standard InChI is InChI=1S/C19H17BrN2O4/c1-26-19(25)16(8-11-10-21-15-5-3-2-4-13(11)15)22-18(24)14-7-6-12(20)9-17(14)23/h2-7,9-10,16,21,23H,8H2,1H3,(H,22,24)/t16-/m0/s1. The molecule has 6 nitrogen and oxygen atoms in total. The van der Waals surface area contributed by atoms with Crippen LogP contribution in [0.1, 0.15) is 15.9 Å². The van der Waals surface area contributed by atoms with Crippen LogP contribution in [-0.4, -0.2) is 35.1 Å². The average molecular weight is 417 g/mol. The smallest absolute Gasteiger partial charge is 0.328 e. The highest BCUT2D eigenvalue weighted by Crippen LogP contribution is 2.23. The van der Waals surface area contributed by atoms with Crippen molar-refractivity contribution in [1.82, 2.24) is 10.3 Å². The van der Waals surface area contributed by atoms with E-state index < -0.39 is 17.9 Å². The Hall–Kier alpha value is -2.80. The number of amides is 1. The molecule has 26 heavy (non-hydrogen) atoms. The number of methoxy groups -OCH3 is 1. The number of esters is 1. The Labute approximate surface area is 158 Å². The summed E-state index contributed by atoms with van der Waals surface area (Å²) < 4.78 is 5.47. The lowest BCUT2D eigenvalue weighted by atomic mass is 10.0. The fraction of sp³-hybridized carbons (Fsp3) is 0.158. The predicted octanol–water partition coefficient (Wildman–Crippen LogP) is 3.15. The van der Waals surface area contributed by atoms with Gasteiger partial charge in [-0.25, -0.2) is 4.79 Å². The Morgan fingerprint density at radius 2 is 2.04 bits per heavy atom. The van der Waals surface area contributed by atoms with Crippen molar-refractivity contribution in [2.75, 3.05) is 7.11 Å². The van der Waals surface area contributed by atoms with Gasteiger partial charge in [0.05, 0.1) is 12.7 Å². The number of H-pyrrole nitrogens is 1. The molecule has 2 aromatic carbocycles. The van der Waals surface area contributed by atoms with Crippen molar-refractivity contribution < 1.29 is 19.4 Å². The molecule has 0 saturated carbocycles. The van der Waals surface area contributed by atoms with Crippen LogP contribution in [0, 0.1) is 0 Å². The van der Waals surface area contributed by atoms with Crippen molar-refractivity contribution in [3.05, 3.63) is 64.3 Å². The van der Waals surface area contributed by atoms with Gasteiger partial charge in [0.2, 0.25) is 0 Å². The molecule has 1 amide bonds. The minimum absolute atomic E-state index is 0.0843. The van der Waals surface area contributed by atoms with Gasteiger partial charge < -0.3 is 20.1 Å². The molecule has 134 valence electrons. The number of phenolic OH excluding ortho intramolecular Hbond substituents is 1. The lowest BCUT2D eigenvalue weighted by Gasteiger charge is -2.17. The van der Waals surface area contributed by atoms with Gasteiger partial charge in [0, 0.05) is 28.0 Å². The molecule has 1 aromatic heterocycles. The number of phenols is 1. The van der Waals surface area contributed by atoms with Crippen molar-refractivity contribution in [1.29, 1.82) is 0 Å². The van der Waals surface area contributed by atoms with E-state index >= 15 is 0 Å². The molecule has 0 aliphatic carbocycles. The minimum atomic E-state index is -0.880. The largest absolute Gasteiger partial charge is 0.507 e. The van der Waals surface area contributed by atoms with Crippen LogP contribution >= 0.6 is 15.9 Å². The third-order valence-corrected chi connectivity index (χ3v) is 4.59. The summed E-state index contributed by atoms with van der Waals surface area (Å²) in [6.45, 7) is 0. The topological polar surface area (TPSA) is 91.4 Å². The second-order valence-corrected chi connectivity index (χ2v) is 6.69. The Kier molecular flexibility index (Phi) is 5.27.